The Balaban J connectivity index is 3.12. The molecule has 18 heavy (non-hydrogen) atoms. The van der Waals surface area contributed by atoms with Gasteiger partial charge in [-0.1, -0.05) is 40.7 Å². The van der Waals surface area contributed by atoms with Crippen LogP contribution >= 0.6 is 0 Å². The highest BCUT2D eigenvalue weighted by Gasteiger charge is 2.50. The highest BCUT2D eigenvalue weighted by molar-refractivity contribution is 7.51. The van der Waals surface area contributed by atoms with Crippen molar-refractivity contribution in [1.82, 2.24) is 14.5 Å². The van der Waals surface area contributed by atoms with E-state index in [1.807, 2.05) is 0 Å². The topological polar surface area (TPSA) is 9.72 Å². The van der Waals surface area contributed by atoms with Crippen LogP contribution in [-0.4, -0.2) is 58.9 Å². The van der Waals surface area contributed by atoms with Crippen LogP contribution in [0.4, 0.5) is 0 Å². The molecule has 0 aromatic heterocycles. The summed E-state index contributed by atoms with van der Waals surface area (Å²) in [7, 11) is -1.56. The van der Waals surface area contributed by atoms with Gasteiger partial charge in [0.15, 0.2) is 0 Å². The predicted molar refractivity (Wildman–Crippen MR) is 90.0 cm³/mol. The third-order valence-corrected chi connectivity index (χ3v) is 35.1. The van der Waals surface area contributed by atoms with Gasteiger partial charge in [-0.3, -0.25) is 9.35 Å². The van der Waals surface area contributed by atoms with Gasteiger partial charge in [-0.25, -0.2) is 0 Å². The highest BCUT2D eigenvalue weighted by atomic mass is 29.6. The second-order valence-corrected chi connectivity index (χ2v) is 24.9. The number of rotatable bonds is 6. The molecule has 0 aromatic carbocycles. The van der Waals surface area contributed by atoms with E-state index in [1.54, 1.807) is 6.04 Å². The van der Waals surface area contributed by atoms with Crippen molar-refractivity contribution in [3.63, 3.8) is 0 Å². The number of hydrazine groups is 2. The number of nitrogens with zero attached hydrogens (tertiary/aromatic N) is 3. The van der Waals surface area contributed by atoms with Gasteiger partial charge in [0.1, 0.15) is 17.0 Å². The van der Waals surface area contributed by atoms with Gasteiger partial charge in [0, 0.05) is 19.6 Å². The molecule has 108 valence electrons. The normalized spacial score (nSPS) is 28.0. The molecule has 1 aliphatic rings. The zero-order valence-corrected chi connectivity index (χ0v) is 16.9. The molecule has 0 amide bonds. The fourth-order valence-electron chi connectivity index (χ4n) is 3.95. The molecule has 0 aromatic rings. The molecule has 1 heterocycles. The summed E-state index contributed by atoms with van der Waals surface area (Å²) in [5.41, 5.74) is 0. The van der Waals surface area contributed by atoms with Crippen LogP contribution in [0.1, 0.15) is 41.5 Å². The first kappa shape index (κ1) is 16.6. The van der Waals surface area contributed by atoms with Crippen molar-refractivity contribution in [2.75, 3.05) is 19.6 Å². The van der Waals surface area contributed by atoms with Crippen molar-refractivity contribution >= 4 is 24.8 Å². The summed E-state index contributed by atoms with van der Waals surface area (Å²) in [4.78, 5) is 0. The zero-order valence-electron chi connectivity index (χ0n) is 13.4. The van der Waals surface area contributed by atoms with Crippen LogP contribution in [-0.2, 0) is 0 Å². The van der Waals surface area contributed by atoms with Gasteiger partial charge in [0.25, 0.3) is 0 Å². The average molecular weight is 304 g/mol. The SMILES string of the molecule is CCN1[SiH2][SiH](CC)[Si](CC)(CC)N(CC)N1CC. The lowest BCUT2D eigenvalue weighted by Gasteiger charge is -2.58. The summed E-state index contributed by atoms with van der Waals surface area (Å²) < 4.78 is 5.65. The van der Waals surface area contributed by atoms with E-state index in [0.29, 0.717) is 0 Å². The largest absolute Gasteiger partial charge is 0.261 e. The summed E-state index contributed by atoms with van der Waals surface area (Å²) in [6.45, 7) is 18.1. The van der Waals surface area contributed by atoms with Crippen LogP contribution in [0, 0.1) is 0 Å². The molecule has 1 unspecified atom stereocenters. The van der Waals surface area contributed by atoms with Crippen molar-refractivity contribution in [3.05, 3.63) is 0 Å². The Bertz CT molecular complexity index is 247. The first-order valence-corrected chi connectivity index (χ1v) is 16.8. The van der Waals surface area contributed by atoms with Crippen molar-refractivity contribution in [3.8, 4) is 0 Å². The van der Waals surface area contributed by atoms with Gasteiger partial charge >= 0.3 is 0 Å². The fraction of sp³-hybridized carbons (Fsp3) is 1.00. The van der Waals surface area contributed by atoms with E-state index in [0.717, 1.165) is 0 Å². The molecule has 0 N–H and O–H groups in total. The lowest BCUT2D eigenvalue weighted by atomic mass is 10.7. The summed E-state index contributed by atoms with van der Waals surface area (Å²) in [5.74, 6) is 0. The van der Waals surface area contributed by atoms with E-state index >= 15 is 0 Å². The van der Waals surface area contributed by atoms with Crippen LogP contribution in [0.3, 0.4) is 0 Å². The first-order chi connectivity index (χ1) is 8.64. The summed E-state index contributed by atoms with van der Waals surface area (Å²) in [5, 5.41) is 2.66. The minimum atomic E-state index is -1.11. The van der Waals surface area contributed by atoms with E-state index < -0.39 is 15.6 Å². The lowest BCUT2D eigenvalue weighted by molar-refractivity contribution is -0.0849. The molecular formula is C12H33N3Si3. The maximum absolute atomic E-state index is 2.88. The summed E-state index contributed by atoms with van der Waals surface area (Å²) in [6.07, 6.45) is 0. The molecule has 0 spiro atoms. The van der Waals surface area contributed by atoms with Crippen LogP contribution in [0.15, 0.2) is 0 Å². The predicted octanol–water partition coefficient (Wildman–Crippen LogP) is 1.69. The Morgan fingerprint density at radius 1 is 0.889 bits per heavy atom. The maximum Gasteiger partial charge on any atom is 0.132 e. The monoisotopic (exact) mass is 303 g/mol. The van der Waals surface area contributed by atoms with Gasteiger partial charge in [-0.2, -0.15) is 5.12 Å². The smallest absolute Gasteiger partial charge is 0.132 e. The summed E-state index contributed by atoms with van der Waals surface area (Å²) >= 11 is 0. The minimum Gasteiger partial charge on any atom is -0.261 e. The third kappa shape index (κ3) is 2.69. The average Bonchev–Trinajstić information content (AvgIpc) is 2.44. The van der Waals surface area contributed by atoms with E-state index in [4.69, 9.17) is 0 Å². The van der Waals surface area contributed by atoms with E-state index in [1.165, 1.54) is 31.7 Å². The van der Waals surface area contributed by atoms with Crippen molar-refractivity contribution < 1.29 is 0 Å². The molecule has 0 saturated carbocycles. The van der Waals surface area contributed by atoms with Crippen LogP contribution < -0.4 is 0 Å². The Morgan fingerprint density at radius 2 is 1.50 bits per heavy atom. The second-order valence-electron chi connectivity index (χ2n) is 5.33. The Hall–Kier alpha value is 0.531. The highest BCUT2D eigenvalue weighted by Crippen LogP contribution is 2.31. The lowest BCUT2D eigenvalue weighted by Crippen LogP contribution is -2.79. The van der Waals surface area contributed by atoms with E-state index in [2.05, 4.69) is 56.0 Å². The van der Waals surface area contributed by atoms with Crippen molar-refractivity contribution in [2.45, 2.75) is 59.7 Å². The van der Waals surface area contributed by atoms with E-state index in [-0.39, 0.29) is 9.20 Å². The molecule has 0 aliphatic carbocycles. The number of hydrogen-bond acceptors (Lipinski definition) is 3. The molecule has 0 radical (unpaired) electrons. The van der Waals surface area contributed by atoms with Crippen LogP contribution in [0.5, 0.6) is 0 Å². The Kier molecular flexibility index (Phi) is 6.77. The fourth-order valence-corrected chi connectivity index (χ4v) is 35.6. The van der Waals surface area contributed by atoms with Gasteiger partial charge in [0.05, 0.1) is 7.83 Å². The number of hydrogen-bond donors (Lipinski definition) is 0. The van der Waals surface area contributed by atoms with Crippen molar-refractivity contribution in [1.29, 1.82) is 0 Å². The molecular weight excluding hydrogens is 270 g/mol. The molecule has 1 atom stereocenters. The van der Waals surface area contributed by atoms with E-state index in [9.17, 15) is 0 Å². The molecule has 0 bridgehead atoms. The molecule has 1 aliphatic heterocycles. The van der Waals surface area contributed by atoms with Crippen LogP contribution in [0.25, 0.3) is 0 Å². The minimum absolute atomic E-state index is 0.0290. The molecule has 1 saturated heterocycles. The van der Waals surface area contributed by atoms with Gasteiger partial charge in [-0.15, -0.1) is 0 Å². The third-order valence-electron chi connectivity index (χ3n) is 4.97. The molecule has 1 fully saturated rings. The van der Waals surface area contributed by atoms with Crippen LogP contribution in [0.2, 0.25) is 18.1 Å². The Morgan fingerprint density at radius 3 is 1.83 bits per heavy atom. The molecule has 6 heteroatoms. The van der Waals surface area contributed by atoms with Gasteiger partial charge < -0.3 is 0 Å². The molecule has 1 rings (SSSR count). The second kappa shape index (κ2) is 7.35. The maximum atomic E-state index is 2.88. The van der Waals surface area contributed by atoms with Gasteiger partial charge in [-0.05, 0) is 19.0 Å². The van der Waals surface area contributed by atoms with Gasteiger partial charge in [0.2, 0.25) is 0 Å². The Labute approximate surface area is 119 Å². The standard InChI is InChI=1S/C12H33N3Si3/c1-7-13-14(8-2)16-17(10-4)18(11-5,12-6)15(13)9-3/h17H,7-12,16H2,1-6H3. The van der Waals surface area contributed by atoms with Crippen molar-refractivity contribution in [2.24, 2.45) is 0 Å². The zero-order chi connectivity index (χ0) is 13.8. The quantitative estimate of drug-likeness (QED) is 0.691. The first-order valence-electron chi connectivity index (χ1n) is 7.94. The summed E-state index contributed by atoms with van der Waals surface area (Å²) in [6, 6.07) is 4.52. The molecule has 3 nitrogen and oxygen atoms in total.